The van der Waals surface area contributed by atoms with Crippen LogP contribution in [0.5, 0.6) is 0 Å². The number of nitrogens with one attached hydrogen (secondary N) is 1. The summed E-state index contributed by atoms with van der Waals surface area (Å²) in [5, 5.41) is 2.89. The molecular weight excluding hydrogens is 381 g/mol. The van der Waals surface area contributed by atoms with Gasteiger partial charge in [-0.3, -0.25) is 14.6 Å². The molecule has 4 rings (SSSR count). The molecule has 2 amide bonds. The van der Waals surface area contributed by atoms with Crippen molar-refractivity contribution in [3.05, 3.63) is 64.7 Å². The molecule has 0 radical (unpaired) electrons. The third-order valence-corrected chi connectivity index (χ3v) is 6.23. The maximum Gasteiger partial charge on any atom is 0.253 e. The standard InChI is InChI=1S/C21H21ClFN3O2/c22-17-10-14(5-6-18(17)23)20(28)26-12-16(21(13-26)7-3-8-21)19(27)25-11-15-4-1-2-9-24-15/h1-2,4-6,9-10,16H,3,7-8,11-13H2,(H,25,27). The van der Waals surface area contributed by atoms with Gasteiger partial charge in [0.2, 0.25) is 5.91 Å². The zero-order valence-corrected chi connectivity index (χ0v) is 16.1. The second-order valence-electron chi connectivity index (χ2n) is 7.62. The van der Waals surface area contributed by atoms with E-state index in [9.17, 15) is 14.0 Å². The van der Waals surface area contributed by atoms with Crippen molar-refractivity contribution < 1.29 is 14.0 Å². The summed E-state index contributed by atoms with van der Waals surface area (Å²) in [5.41, 5.74) is 0.981. The number of nitrogens with zero attached hydrogens (tertiary/aromatic N) is 2. The number of aromatic nitrogens is 1. The third-order valence-electron chi connectivity index (χ3n) is 5.94. The van der Waals surface area contributed by atoms with Crippen LogP contribution in [0, 0.1) is 17.2 Å². The number of hydrogen-bond donors (Lipinski definition) is 1. The molecular formula is C21H21ClFN3O2. The summed E-state index contributed by atoms with van der Waals surface area (Å²) in [6.07, 6.45) is 4.62. The molecule has 5 nitrogen and oxygen atoms in total. The van der Waals surface area contributed by atoms with Gasteiger partial charge in [0.05, 0.1) is 23.2 Å². The van der Waals surface area contributed by atoms with Crippen molar-refractivity contribution in [1.82, 2.24) is 15.2 Å². The van der Waals surface area contributed by atoms with Gasteiger partial charge in [-0.1, -0.05) is 24.1 Å². The van der Waals surface area contributed by atoms with Crippen molar-refractivity contribution in [3.63, 3.8) is 0 Å². The third kappa shape index (κ3) is 3.49. The molecule has 2 heterocycles. The van der Waals surface area contributed by atoms with Crippen LogP contribution in [0.2, 0.25) is 5.02 Å². The van der Waals surface area contributed by atoms with E-state index >= 15 is 0 Å². The fourth-order valence-corrected chi connectivity index (χ4v) is 4.42. The second-order valence-corrected chi connectivity index (χ2v) is 8.03. The molecule has 7 heteroatoms. The Balaban J connectivity index is 1.47. The minimum absolute atomic E-state index is 0.0437. The predicted octanol–water partition coefficient (Wildman–Crippen LogP) is 3.43. The number of amides is 2. The van der Waals surface area contributed by atoms with Crippen molar-refractivity contribution in [2.75, 3.05) is 13.1 Å². The lowest BCUT2D eigenvalue weighted by Gasteiger charge is -2.41. The van der Waals surface area contributed by atoms with E-state index in [0.717, 1.165) is 25.0 Å². The molecule has 2 aromatic rings. The molecule has 1 spiro atoms. The van der Waals surface area contributed by atoms with Crippen LogP contribution in [-0.2, 0) is 11.3 Å². The highest BCUT2D eigenvalue weighted by molar-refractivity contribution is 6.31. The maximum atomic E-state index is 13.4. The Morgan fingerprint density at radius 2 is 2.11 bits per heavy atom. The predicted molar refractivity (Wildman–Crippen MR) is 103 cm³/mol. The molecule has 1 aromatic carbocycles. The highest BCUT2D eigenvalue weighted by atomic mass is 35.5. The Bertz CT molecular complexity index is 902. The van der Waals surface area contributed by atoms with E-state index in [4.69, 9.17) is 11.6 Å². The van der Waals surface area contributed by atoms with Gasteiger partial charge in [-0.25, -0.2) is 4.39 Å². The number of rotatable bonds is 4. The highest BCUT2D eigenvalue weighted by Gasteiger charge is 2.54. The Hall–Kier alpha value is -2.47. The molecule has 0 bridgehead atoms. The van der Waals surface area contributed by atoms with E-state index in [1.807, 2.05) is 18.2 Å². The zero-order chi connectivity index (χ0) is 19.7. The van der Waals surface area contributed by atoms with Gasteiger partial charge in [0, 0.05) is 30.3 Å². The number of benzene rings is 1. The molecule has 2 aliphatic rings. The quantitative estimate of drug-likeness (QED) is 0.853. The van der Waals surface area contributed by atoms with Crippen molar-refractivity contribution in [3.8, 4) is 0 Å². The molecule has 1 N–H and O–H groups in total. The van der Waals surface area contributed by atoms with Crippen LogP contribution in [-0.4, -0.2) is 34.8 Å². The lowest BCUT2D eigenvalue weighted by Crippen LogP contribution is -2.45. The summed E-state index contributed by atoms with van der Waals surface area (Å²) in [6.45, 7) is 1.28. The highest BCUT2D eigenvalue weighted by Crippen LogP contribution is 2.52. The van der Waals surface area contributed by atoms with Crippen molar-refractivity contribution >= 4 is 23.4 Å². The van der Waals surface area contributed by atoms with Crippen molar-refractivity contribution in [2.45, 2.75) is 25.8 Å². The van der Waals surface area contributed by atoms with Crippen LogP contribution in [0.25, 0.3) is 0 Å². The average Bonchev–Trinajstić information content (AvgIpc) is 3.10. The van der Waals surface area contributed by atoms with Crippen LogP contribution in [0.15, 0.2) is 42.6 Å². The van der Waals surface area contributed by atoms with Gasteiger partial charge in [-0.05, 0) is 43.2 Å². The molecule has 1 aromatic heterocycles. The number of halogens is 2. The molecule has 1 unspecified atom stereocenters. The topological polar surface area (TPSA) is 62.3 Å². The van der Waals surface area contributed by atoms with Gasteiger partial charge in [0.25, 0.3) is 5.91 Å². The van der Waals surface area contributed by atoms with E-state index in [2.05, 4.69) is 10.3 Å². The summed E-state index contributed by atoms with van der Waals surface area (Å²) >= 11 is 5.82. The normalized spacial score (nSPS) is 20.1. The lowest BCUT2D eigenvalue weighted by atomic mass is 9.62. The van der Waals surface area contributed by atoms with E-state index in [0.29, 0.717) is 25.2 Å². The molecule has 2 fully saturated rings. The fourth-order valence-electron chi connectivity index (χ4n) is 4.24. The van der Waals surface area contributed by atoms with E-state index in [1.54, 1.807) is 11.1 Å². The van der Waals surface area contributed by atoms with Crippen LogP contribution in [0.4, 0.5) is 4.39 Å². The number of carbonyl (C=O) groups excluding carboxylic acids is 2. The Kier molecular flexibility index (Phi) is 5.06. The molecule has 1 aliphatic carbocycles. The fraction of sp³-hybridized carbons (Fsp3) is 0.381. The minimum atomic E-state index is -0.554. The molecule has 1 saturated carbocycles. The van der Waals surface area contributed by atoms with Crippen LogP contribution < -0.4 is 5.32 Å². The second kappa shape index (κ2) is 7.51. The van der Waals surface area contributed by atoms with E-state index < -0.39 is 5.82 Å². The summed E-state index contributed by atoms with van der Waals surface area (Å²) in [4.78, 5) is 31.7. The van der Waals surface area contributed by atoms with Gasteiger partial charge in [-0.2, -0.15) is 0 Å². The van der Waals surface area contributed by atoms with Crippen LogP contribution >= 0.6 is 11.6 Å². The van der Waals surface area contributed by atoms with E-state index in [-0.39, 0.29) is 28.2 Å². The van der Waals surface area contributed by atoms with Gasteiger partial charge in [-0.15, -0.1) is 0 Å². The summed E-state index contributed by atoms with van der Waals surface area (Å²) < 4.78 is 13.4. The van der Waals surface area contributed by atoms with Gasteiger partial charge in [0.1, 0.15) is 5.82 Å². The molecule has 1 aliphatic heterocycles. The smallest absolute Gasteiger partial charge is 0.253 e. The number of hydrogen-bond acceptors (Lipinski definition) is 3. The Morgan fingerprint density at radius 1 is 1.29 bits per heavy atom. The SMILES string of the molecule is O=C(NCc1ccccn1)C1CN(C(=O)c2ccc(F)c(Cl)c2)CC12CCC2. The Morgan fingerprint density at radius 3 is 2.75 bits per heavy atom. The first kappa shape index (κ1) is 18.9. The number of carbonyl (C=O) groups is 2. The largest absolute Gasteiger partial charge is 0.350 e. The first-order chi connectivity index (χ1) is 13.5. The van der Waals surface area contributed by atoms with E-state index in [1.165, 1.54) is 18.2 Å². The van der Waals surface area contributed by atoms with Crippen LogP contribution in [0.1, 0.15) is 35.3 Å². The minimum Gasteiger partial charge on any atom is -0.350 e. The zero-order valence-electron chi connectivity index (χ0n) is 15.3. The van der Waals surface area contributed by atoms with Gasteiger partial charge < -0.3 is 10.2 Å². The molecule has 28 heavy (non-hydrogen) atoms. The molecule has 1 saturated heterocycles. The van der Waals surface area contributed by atoms with Gasteiger partial charge >= 0.3 is 0 Å². The number of likely N-dealkylation sites (tertiary alicyclic amines) is 1. The van der Waals surface area contributed by atoms with Crippen molar-refractivity contribution in [2.24, 2.45) is 11.3 Å². The summed E-state index contributed by atoms with van der Waals surface area (Å²) in [5.74, 6) is -1.06. The number of pyridine rings is 1. The molecule has 146 valence electrons. The summed E-state index contributed by atoms with van der Waals surface area (Å²) in [6, 6.07) is 9.55. The Labute approximate surface area is 167 Å². The first-order valence-corrected chi connectivity index (χ1v) is 9.78. The summed E-state index contributed by atoms with van der Waals surface area (Å²) in [7, 11) is 0. The average molecular weight is 402 g/mol. The monoisotopic (exact) mass is 401 g/mol. The first-order valence-electron chi connectivity index (χ1n) is 9.40. The maximum absolute atomic E-state index is 13.4. The van der Waals surface area contributed by atoms with Crippen molar-refractivity contribution in [1.29, 1.82) is 0 Å². The van der Waals surface area contributed by atoms with Gasteiger partial charge in [0.15, 0.2) is 0 Å². The lowest BCUT2D eigenvalue weighted by molar-refractivity contribution is -0.129. The molecule has 1 atom stereocenters. The van der Waals surface area contributed by atoms with Crippen LogP contribution in [0.3, 0.4) is 0 Å².